The molecule has 0 radical (unpaired) electrons. The predicted octanol–water partition coefficient (Wildman–Crippen LogP) is 3.69. The number of urea groups is 1. The number of piperidine rings is 1. The zero-order chi connectivity index (χ0) is 20.2. The number of hydrogen-bond donors (Lipinski definition) is 3. The number of carbonyl (C=O) groups is 1. The molecule has 29 heavy (non-hydrogen) atoms. The Morgan fingerprint density at radius 3 is 2.69 bits per heavy atom. The van der Waals surface area contributed by atoms with E-state index >= 15 is 0 Å². The standard InChI is InChI=1S/C22H27FN4O2/c1-29-19-7-2-4-16(12-19)21-14-20(25-26-21)15-8-10-27(11-9-15)22(28)24-18-6-3-5-17(23)13-18/h2-7,12-13,15,20-21,25-26H,8-11,14H2,1H3,(H,24,28). The molecule has 2 heterocycles. The molecule has 2 aliphatic rings. The molecule has 2 atom stereocenters. The number of nitrogens with zero attached hydrogens (tertiary/aromatic N) is 1. The fraction of sp³-hybridized carbons (Fsp3) is 0.409. The van der Waals surface area contributed by atoms with E-state index in [1.807, 2.05) is 17.0 Å². The van der Waals surface area contributed by atoms with E-state index in [4.69, 9.17) is 4.74 Å². The van der Waals surface area contributed by atoms with E-state index in [0.717, 1.165) is 25.0 Å². The van der Waals surface area contributed by atoms with Gasteiger partial charge in [0.2, 0.25) is 0 Å². The number of amides is 2. The second-order valence-corrected chi connectivity index (χ2v) is 7.73. The quantitative estimate of drug-likeness (QED) is 0.735. The first-order valence-corrected chi connectivity index (χ1v) is 10.1. The van der Waals surface area contributed by atoms with Crippen LogP contribution in [0.5, 0.6) is 5.75 Å². The highest BCUT2D eigenvalue weighted by molar-refractivity contribution is 5.89. The molecule has 2 unspecified atom stereocenters. The summed E-state index contributed by atoms with van der Waals surface area (Å²) in [6.45, 7) is 1.40. The molecular weight excluding hydrogens is 371 g/mol. The van der Waals surface area contributed by atoms with Gasteiger partial charge in [-0.05, 0) is 61.1 Å². The predicted molar refractivity (Wildman–Crippen MR) is 110 cm³/mol. The largest absolute Gasteiger partial charge is 0.497 e. The average molecular weight is 398 g/mol. The minimum Gasteiger partial charge on any atom is -0.497 e. The van der Waals surface area contributed by atoms with E-state index in [2.05, 4.69) is 28.3 Å². The monoisotopic (exact) mass is 398 g/mol. The zero-order valence-electron chi connectivity index (χ0n) is 16.5. The normalized spacial score (nSPS) is 22.5. The van der Waals surface area contributed by atoms with Crippen molar-refractivity contribution in [2.24, 2.45) is 5.92 Å². The molecule has 6 nitrogen and oxygen atoms in total. The number of methoxy groups -OCH3 is 1. The van der Waals surface area contributed by atoms with Crippen molar-refractivity contribution >= 4 is 11.7 Å². The van der Waals surface area contributed by atoms with Gasteiger partial charge in [-0.2, -0.15) is 0 Å². The Bertz CT molecular complexity index is 854. The van der Waals surface area contributed by atoms with Crippen LogP contribution in [0.3, 0.4) is 0 Å². The maximum absolute atomic E-state index is 13.3. The van der Waals surface area contributed by atoms with Crippen molar-refractivity contribution in [3.8, 4) is 5.75 Å². The molecule has 0 spiro atoms. The first-order chi connectivity index (χ1) is 14.1. The summed E-state index contributed by atoms with van der Waals surface area (Å²) in [6, 6.07) is 14.6. The van der Waals surface area contributed by atoms with Crippen LogP contribution < -0.4 is 20.9 Å². The summed E-state index contributed by atoms with van der Waals surface area (Å²) in [5.74, 6) is 1.02. The van der Waals surface area contributed by atoms with E-state index < -0.39 is 0 Å². The SMILES string of the molecule is COc1cccc(C2CC(C3CCN(C(=O)Nc4cccc(F)c4)CC3)NN2)c1. The lowest BCUT2D eigenvalue weighted by atomic mass is 9.86. The van der Waals surface area contributed by atoms with Crippen molar-refractivity contribution < 1.29 is 13.9 Å². The molecule has 2 saturated heterocycles. The summed E-state index contributed by atoms with van der Waals surface area (Å²) in [6.07, 6.45) is 2.90. The van der Waals surface area contributed by atoms with Gasteiger partial charge in [-0.25, -0.2) is 9.18 Å². The van der Waals surface area contributed by atoms with Gasteiger partial charge in [0.15, 0.2) is 0 Å². The highest BCUT2D eigenvalue weighted by Crippen LogP contribution is 2.31. The van der Waals surface area contributed by atoms with Gasteiger partial charge in [0.25, 0.3) is 0 Å². The van der Waals surface area contributed by atoms with E-state index in [0.29, 0.717) is 30.7 Å². The topological polar surface area (TPSA) is 65.6 Å². The molecule has 0 saturated carbocycles. The van der Waals surface area contributed by atoms with Gasteiger partial charge in [0.1, 0.15) is 11.6 Å². The number of hydrazine groups is 1. The van der Waals surface area contributed by atoms with E-state index in [-0.39, 0.29) is 17.9 Å². The third kappa shape index (κ3) is 4.68. The molecule has 7 heteroatoms. The minimum absolute atomic E-state index is 0.166. The Morgan fingerprint density at radius 2 is 1.93 bits per heavy atom. The van der Waals surface area contributed by atoms with Crippen molar-refractivity contribution in [3.05, 3.63) is 59.9 Å². The molecule has 2 aromatic rings. The number of likely N-dealkylation sites (tertiary alicyclic amines) is 1. The van der Waals surface area contributed by atoms with Gasteiger partial charge in [-0.1, -0.05) is 18.2 Å². The van der Waals surface area contributed by atoms with Gasteiger partial charge in [-0.3, -0.25) is 10.9 Å². The van der Waals surface area contributed by atoms with Crippen molar-refractivity contribution in [2.75, 3.05) is 25.5 Å². The van der Waals surface area contributed by atoms with Gasteiger partial charge in [0.05, 0.1) is 7.11 Å². The maximum Gasteiger partial charge on any atom is 0.321 e. The number of ether oxygens (including phenoxy) is 1. The molecule has 0 aliphatic carbocycles. The molecule has 2 amide bonds. The second kappa shape index (κ2) is 8.80. The number of carbonyl (C=O) groups excluding carboxylic acids is 1. The van der Waals surface area contributed by atoms with E-state index in [1.165, 1.54) is 17.7 Å². The van der Waals surface area contributed by atoms with Crippen LogP contribution in [-0.4, -0.2) is 37.2 Å². The first kappa shape index (κ1) is 19.7. The van der Waals surface area contributed by atoms with E-state index in [9.17, 15) is 9.18 Å². The number of anilines is 1. The van der Waals surface area contributed by atoms with Crippen LogP contribution in [0.1, 0.15) is 30.9 Å². The summed E-state index contributed by atoms with van der Waals surface area (Å²) in [5.41, 5.74) is 8.56. The highest BCUT2D eigenvalue weighted by Gasteiger charge is 2.34. The molecule has 154 valence electrons. The number of rotatable bonds is 4. The van der Waals surface area contributed by atoms with Crippen LogP contribution in [0.2, 0.25) is 0 Å². The fourth-order valence-corrected chi connectivity index (χ4v) is 4.24. The number of benzene rings is 2. The lowest BCUT2D eigenvalue weighted by Crippen LogP contribution is -2.45. The third-order valence-electron chi connectivity index (χ3n) is 5.90. The van der Waals surface area contributed by atoms with Crippen molar-refractivity contribution in [3.63, 3.8) is 0 Å². The third-order valence-corrected chi connectivity index (χ3v) is 5.90. The summed E-state index contributed by atoms with van der Waals surface area (Å²) < 4.78 is 18.6. The van der Waals surface area contributed by atoms with Gasteiger partial charge < -0.3 is 15.0 Å². The summed E-state index contributed by atoms with van der Waals surface area (Å²) in [4.78, 5) is 14.3. The number of nitrogens with one attached hydrogen (secondary N) is 3. The van der Waals surface area contributed by atoms with Crippen LogP contribution in [0.25, 0.3) is 0 Å². The molecule has 3 N–H and O–H groups in total. The Morgan fingerprint density at radius 1 is 1.14 bits per heavy atom. The lowest BCUT2D eigenvalue weighted by Gasteiger charge is -2.34. The zero-order valence-corrected chi connectivity index (χ0v) is 16.5. The first-order valence-electron chi connectivity index (χ1n) is 10.1. The van der Waals surface area contributed by atoms with Gasteiger partial charge >= 0.3 is 6.03 Å². The maximum atomic E-state index is 13.3. The average Bonchev–Trinajstić information content (AvgIpc) is 3.24. The van der Waals surface area contributed by atoms with Crippen LogP contribution in [0, 0.1) is 11.7 Å². The Kier molecular flexibility index (Phi) is 5.97. The molecule has 2 fully saturated rings. The van der Waals surface area contributed by atoms with Gasteiger partial charge in [-0.15, -0.1) is 0 Å². The summed E-state index contributed by atoms with van der Waals surface area (Å²) in [7, 11) is 1.68. The highest BCUT2D eigenvalue weighted by atomic mass is 19.1. The Balaban J connectivity index is 1.28. The van der Waals surface area contributed by atoms with E-state index in [1.54, 1.807) is 19.2 Å². The smallest absolute Gasteiger partial charge is 0.321 e. The Labute approximate surface area is 170 Å². The summed E-state index contributed by atoms with van der Waals surface area (Å²) >= 11 is 0. The molecule has 0 bridgehead atoms. The molecule has 2 aromatic carbocycles. The van der Waals surface area contributed by atoms with Crippen LogP contribution in [-0.2, 0) is 0 Å². The van der Waals surface area contributed by atoms with Crippen molar-refractivity contribution in [1.82, 2.24) is 15.8 Å². The fourth-order valence-electron chi connectivity index (χ4n) is 4.24. The van der Waals surface area contributed by atoms with Crippen LogP contribution in [0.15, 0.2) is 48.5 Å². The van der Waals surface area contributed by atoms with Gasteiger partial charge in [0, 0.05) is 30.9 Å². The lowest BCUT2D eigenvalue weighted by molar-refractivity contribution is 0.169. The Hall–Kier alpha value is -2.64. The van der Waals surface area contributed by atoms with Crippen molar-refractivity contribution in [1.29, 1.82) is 0 Å². The summed E-state index contributed by atoms with van der Waals surface area (Å²) in [5, 5.41) is 2.78. The number of hydrogen-bond acceptors (Lipinski definition) is 4. The number of halogens is 1. The van der Waals surface area contributed by atoms with Crippen LogP contribution >= 0.6 is 0 Å². The molecule has 2 aliphatic heterocycles. The molecule has 4 rings (SSSR count). The van der Waals surface area contributed by atoms with Crippen LogP contribution in [0.4, 0.5) is 14.9 Å². The second-order valence-electron chi connectivity index (χ2n) is 7.73. The minimum atomic E-state index is -0.355. The van der Waals surface area contributed by atoms with Crippen molar-refractivity contribution in [2.45, 2.75) is 31.3 Å². The molecule has 0 aromatic heterocycles. The molecular formula is C22H27FN4O2.